The zero-order valence-electron chi connectivity index (χ0n) is 41.8. The number of nitrogens with one attached hydrogen (secondary N) is 2. The number of morpholine rings is 1. The number of hydrogen-bond acceptors (Lipinski definition) is 20. The Hall–Kier alpha value is -4.31. The molecular weight excluding hydrogens is 1130 g/mol. The van der Waals surface area contributed by atoms with Gasteiger partial charge in [-0.05, 0) is 13.0 Å². The van der Waals surface area contributed by atoms with E-state index in [2.05, 4.69) is 52.4 Å². The number of Topliss-reactive ketones (excluding diaryl/α,β-unsaturated/α-hetero) is 1. The maximum atomic E-state index is 14.2. The number of carbonyl (C=O) groups excluding carboxylic acids is 5. The molecule has 75 heavy (non-hydrogen) atoms. The minimum absolute atomic E-state index is 0.0664. The van der Waals surface area contributed by atoms with Crippen LogP contribution in [0.25, 0.3) is 0 Å². The maximum Gasteiger partial charge on any atom is 0.252 e. The highest BCUT2D eigenvalue weighted by Crippen LogP contribution is 2.53. The van der Waals surface area contributed by atoms with E-state index in [9.17, 15) is 39.3 Å². The summed E-state index contributed by atoms with van der Waals surface area (Å²) in [6.07, 6.45) is -5.08. The van der Waals surface area contributed by atoms with Crippen molar-refractivity contribution in [2.45, 2.75) is 98.5 Å². The van der Waals surface area contributed by atoms with Crippen LogP contribution in [-0.2, 0) is 64.6 Å². The number of aromatic hydroxyl groups is 2. The monoisotopic (exact) mass is 1190 g/mol. The predicted molar refractivity (Wildman–Crippen MR) is 276 cm³/mol. The van der Waals surface area contributed by atoms with Crippen LogP contribution in [0, 0.1) is 0 Å². The summed E-state index contributed by atoms with van der Waals surface area (Å²) in [7, 11) is 2.87. The van der Waals surface area contributed by atoms with Crippen molar-refractivity contribution in [3.8, 4) is 23.0 Å². The first-order valence-electron chi connectivity index (χ1n) is 24.7. The summed E-state index contributed by atoms with van der Waals surface area (Å²) in [5.41, 5.74) is -2.00. The molecule has 1 aromatic heterocycles. The van der Waals surface area contributed by atoms with Gasteiger partial charge in [0.2, 0.25) is 11.7 Å². The average molecular weight is 1190 g/mol. The lowest BCUT2D eigenvalue weighted by Gasteiger charge is -2.43. The molecule has 3 aromatic rings. The summed E-state index contributed by atoms with van der Waals surface area (Å²) in [6.45, 7) is 4.32. The van der Waals surface area contributed by atoms with Crippen molar-refractivity contribution in [1.82, 2.24) is 20.5 Å². The molecular formula is C51H62Br2N4O17S. The summed E-state index contributed by atoms with van der Waals surface area (Å²) in [5.74, 6) is -2.65. The van der Waals surface area contributed by atoms with Crippen molar-refractivity contribution in [2.75, 3.05) is 85.0 Å². The first-order valence-corrected chi connectivity index (χ1v) is 28.1. The van der Waals surface area contributed by atoms with Gasteiger partial charge in [0.1, 0.15) is 41.3 Å². The Morgan fingerprint density at radius 3 is 2.39 bits per heavy atom. The van der Waals surface area contributed by atoms with Crippen LogP contribution in [0.1, 0.15) is 93.1 Å². The molecule has 3 fully saturated rings. The highest BCUT2D eigenvalue weighted by atomic mass is 79.9. The second kappa shape index (κ2) is 25.9. The topological polar surface area (TPSA) is 269 Å². The Morgan fingerprint density at radius 2 is 1.65 bits per heavy atom. The number of thioether (sulfide) groups is 1. The van der Waals surface area contributed by atoms with Crippen LogP contribution in [0.15, 0.2) is 30.3 Å². The molecule has 8 atom stereocenters. The first-order chi connectivity index (χ1) is 36.2. The van der Waals surface area contributed by atoms with Crippen LogP contribution in [0.3, 0.4) is 0 Å². The van der Waals surface area contributed by atoms with E-state index < -0.39 is 96.1 Å². The van der Waals surface area contributed by atoms with Gasteiger partial charge in [-0.25, -0.2) is 0 Å². The number of alkyl halides is 2. The van der Waals surface area contributed by atoms with Crippen LogP contribution in [0.4, 0.5) is 0 Å². The van der Waals surface area contributed by atoms with Crippen LogP contribution >= 0.6 is 43.6 Å². The number of phenols is 2. The molecule has 4 heterocycles. The van der Waals surface area contributed by atoms with Crippen LogP contribution in [0.5, 0.6) is 23.0 Å². The molecule has 2 aliphatic carbocycles. The van der Waals surface area contributed by atoms with Crippen molar-refractivity contribution < 1.29 is 81.9 Å². The van der Waals surface area contributed by atoms with Gasteiger partial charge in [-0.2, -0.15) is 11.8 Å². The van der Waals surface area contributed by atoms with Gasteiger partial charge in [0.15, 0.2) is 30.4 Å². The van der Waals surface area contributed by atoms with Gasteiger partial charge in [0.05, 0.1) is 87.0 Å². The number of aromatic nitrogens is 1. The van der Waals surface area contributed by atoms with Gasteiger partial charge in [-0.3, -0.25) is 33.9 Å². The number of fused-ring (bicyclic) bond motifs is 6. The van der Waals surface area contributed by atoms with E-state index in [1.54, 1.807) is 0 Å². The molecule has 3 aliphatic heterocycles. The summed E-state index contributed by atoms with van der Waals surface area (Å²) in [6, 6.07) is 7.93. The molecule has 8 rings (SSSR count). The summed E-state index contributed by atoms with van der Waals surface area (Å²) in [5, 5.41) is 42.9. The lowest BCUT2D eigenvalue weighted by Crippen LogP contribution is -2.55. The molecule has 5 aliphatic rings. The van der Waals surface area contributed by atoms with Crippen molar-refractivity contribution in [2.24, 2.45) is 0 Å². The molecule has 408 valence electrons. The molecule has 0 bridgehead atoms. The largest absolute Gasteiger partial charge is 0.507 e. The summed E-state index contributed by atoms with van der Waals surface area (Å²) < 4.78 is 52.8. The number of methoxy groups -OCH3 is 2. The Bertz CT molecular complexity index is 2570. The molecule has 5 N–H and O–H groups in total. The third kappa shape index (κ3) is 12.8. The number of pyridine rings is 1. The van der Waals surface area contributed by atoms with Crippen molar-refractivity contribution >= 4 is 72.8 Å². The molecule has 2 amide bonds. The minimum Gasteiger partial charge on any atom is -0.507 e. The number of amides is 2. The van der Waals surface area contributed by atoms with Crippen molar-refractivity contribution in [3.05, 3.63) is 75.1 Å². The standard InChI is InChI=1S/C51H62Br2N4O17S/c1-27-47-34(57-10-12-71-49(67-3)48(57)74-47)21-38(72-27)73-36-23-51(65,22-33-40(36)46(63)42-41(44(33)61)43(60)32-5-4-6-35(66-2)39(32)45(42)62)50(64)55-26-30(58)8-17-75-18-9-54-37(59)7-11-68-13-14-69-15-16-70-31-19-28(24-52)56-29(20-31)25-53/h4-6,19-20,27,34,36,38,47-49,61,63,65H,7-18,21-26H2,1-3H3,(H,54,59)(H,55,64)/t27-,34-,36-,38-,47+,48+,49-,51-/m0/s1. The van der Waals surface area contributed by atoms with Gasteiger partial charge < -0.3 is 68.6 Å². The number of phenolic OH excluding ortho intramolecular Hbond substituents is 2. The number of rotatable bonds is 25. The lowest BCUT2D eigenvalue weighted by atomic mass is 9.72. The van der Waals surface area contributed by atoms with Crippen LogP contribution in [0.2, 0.25) is 0 Å². The Kier molecular flexibility index (Phi) is 19.6. The summed E-state index contributed by atoms with van der Waals surface area (Å²) >= 11 is 8.27. The van der Waals surface area contributed by atoms with E-state index in [0.29, 0.717) is 68.3 Å². The molecule has 3 saturated heterocycles. The normalized spacial score (nSPS) is 24.9. The van der Waals surface area contributed by atoms with Gasteiger partial charge in [-0.1, -0.05) is 44.0 Å². The number of benzene rings is 2. The number of carbonyl (C=O) groups is 5. The fraction of sp³-hybridized carbons (Fsp3) is 0.569. The quantitative estimate of drug-likeness (QED) is 0.0359. The van der Waals surface area contributed by atoms with E-state index in [4.69, 9.17) is 42.6 Å². The van der Waals surface area contributed by atoms with Crippen molar-refractivity contribution in [3.63, 3.8) is 0 Å². The zero-order chi connectivity index (χ0) is 53.4. The summed E-state index contributed by atoms with van der Waals surface area (Å²) in [4.78, 5) is 74.3. The first kappa shape index (κ1) is 56.9. The van der Waals surface area contributed by atoms with Crippen LogP contribution in [-0.4, -0.2) is 182 Å². The minimum atomic E-state index is -2.35. The molecule has 0 saturated carbocycles. The van der Waals surface area contributed by atoms with Gasteiger partial charge in [0, 0.05) is 109 Å². The van der Waals surface area contributed by atoms with E-state index >= 15 is 0 Å². The third-order valence-electron chi connectivity index (χ3n) is 13.7. The van der Waals surface area contributed by atoms with E-state index in [0.717, 1.165) is 17.1 Å². The number of nitrogens with zero attached hydrogens (tertiary/aromatic N) is 2. The molecule has 24 heteroatoms. The Balaban J connectivity index is 0.820. The molecule has 0 radical (unpaired) electrons. The molecule has 0 unspecified atom stereocenters. The third-order valence-corrected chi connectivity index (χ3v) is 15.8. The lowest BCUT2D eigenvalue weighted by molar-refractivity contribution is -0.256. The van der Waals surface area contributed by atoms with E-state index in [-0.39, 0.29) is 77.7 Å². The number of aliphatic hydroxyl groups is 1. The average Bonchev–Trinajstić information content (AvgIpc) is 3.80. The van der Waals surface area contributed by atoms with Gasteiger partial charge in [0.25, 0.3) is 5.91 Å². The zero-order valence-corrected chi connectivity index (χ0v) is 45.8. The van der Waals surface area contributed by atoms with Gasteiger partial charge >= 0.3 is 0 Å². The van der Waals surface area contributed by atoms with Gasteiger partial charge in [-0.15, -0.1) is 0 Å². The highest BCUT2D eigenvalue weighted by Gasteiger charge is 2.55. The SMILES string of the molecule is COc1cccc2c1C(=O)c1c(O)c3c(c(O)c1C2=O)C[C@@](O)(C(=O)NCC(=O)CCSCCNC(=O)CCOCCOCCOc1cc(CBr)nc(CBr)c1)C[C@@H]3O[C@H]1C[C@H]2[C@H](O[C@@H]3[C@@H](OC)OCCN32)[C@H](C)O1. The highest BCUT2D eigenvalue weighted by molar-refractivity contribution is 9.08. The molecule has 0 spiro atoms. The fourth-order valence-electron chi connectivity index (χ4n) is 10.1. The Morgan fingerprint density at radius 1 is 0.920 bits per heavy atom. The molecule has 2 aromatic carbocycles. The van der Waals surface area contributed by atoms with Crippen molar-refractivity contribution in [1.29, 1.82) is 0 Å². The number of ketones is 3. The maximum absolute atomic E-state index is 14.2. The molecule has 21 nitrogen and oxygen atoms in total. The fourth-order valence-corrected chi connectivity index (χ4v) is 11.5. The number of ether oxygens (including phenoxy) is 9. The van der Waals surface area contributed by atoms with E-state index in [1.165, 1.54) is 44.2 Å². The van der Waals surface area contributed by atoms with Crippen LogP contribution < -0.4 is 20.1 Å². The smallest absolute Gasteiger partial charge is 0.252 e. The number of halogens is 2. The second-order valence-corrected chi connectivity index (χ2v) is 20.9. The Labute approximate surface area is 454 Å². The van der Waals surface area contributed by atoms with E-state index in [1.807, 2.05) is 19.1 Å². The predicted octanol–water partition coefficient (Wildman–Crippen LogP) is 3.76. The second-order valence-electron chi connectivity index (χ2n) is 18.5. The number of hydrogen-bond donors (Lipinski definition) is 5.